The lowest BCUT2D eigenvalue weighted by atomic mass is 10.2. The van der Waals surface area contributed by atoms with Gasteiger partial charge in [-0.05, 0) is 23.8 Å². The quantitative estimate of drug-likeness (QED) is 0.829. The minimum absolute atomic E-state index is 0.350. The molecule has 1 saturated heterocycles. The second-order valence-corrected chi connectivity index (χ2v) is 6.90. The van der Waals surface area contributed by atoms with Gasteiger partial charge in [-0.3, -0.25) is 4.90 Å². The van der Waals surface area contributed by atoms with Crippen LogP contribution in [0.2, 0.25) is 5.02 Å². The van der Waals surface area contributed by atoms with Gasteiger partial charge < -0.3 is 14.6 Å². The van der Waals surface area contributed by atoms with Gasteiger partial charge >= 0.3 is 12.1 Å². The zero-order chi connectivity index (χ0) is 19.6. The van der Waals surface area contributed by atoms with Crippen LogP contribution >= 0.6 is 11.6 Å². The first kappa shape index (κ1) is 19.6. The Balaban J connectivity index is 1.64. The number of hydrogen-bond acceptors (Lipinski definition) is 3. The van der Waals surface area contributed by atoms with E-state index in [0.717, 1.165) is 23.3 Å². The van der Waals surface area contributed by atoms with Crippen LogP contribution in [0.3, 0.4) is 0 Å². The number of piperazine rings is 1. The van der Waals surface area contributed by atoms with Gasteiger partial charge in [-0.15, -0.1) is 0 Å². The number of carboxylic acid groups (broad SMARTS) is 1. The molecule has 1 aliphatic rings. The van der Waals surface area contributed by atoms with Crippen LogP contribution in [-0.2, 0) is 13.1 Å². The Kier molecular flexibility index (Phi) is 5.67. The molecule has 0 bridgehead atoms. The summed E-state index contributed by atoms with van der Waals surface area (Å²) in [7, 11) is 0. The van der Waals surface area contributed by atoms with Crippen LogP contribution < -0.4 is 4.90 Å². The maximum Gasteiger partial charge on any atom is 0.406 e. The van der Waals surface area contributed by atoms with Gasteiger partial charge in [-0.25, -0.2) is 4.79 Å². The lowest BCUT2D eigenvalue weighted by Gasteiger charge is -2.36. The number of halogens is 4. The molecule has 1 aliphatic heterocycles. The molecule has 3 rings (SSSR count). The first-order chi connectivity index (χ1) is 12.7. The largest absolute Gasteiger partial charge is 0.477 e. The average Bonchev–Trinajstić information content (AvgIpc) is 2.97. The predicted molar refractivity (Wildman–Crippen MR) is 96.4 cm³/mol. The van der Waals surface area contributed by atoms with Crippen molar-refractivity contribution in [3.05, 3.63) is 52.8 Å². The molecule has 0 amide bonds. The first-order valence-electron chi connectivity index (χ1n) is 8.44. The van der Waals surface area contributed by atoms with Crippen LogP contribution in [0.25, 0.3) is 0 Å². The molecule has 2 aromatic rings. The number of carboxylic acids is 1. The van der Waals surface area contributed by atoms with Crippen LogP contribution in [0.15, 0.2) is 36.5 Å². The number of anilines is 1. The fourth-order valence-electron chi connectivity index (χ4n) is 3.27. The second kappa shape index (κ2) is 7.82. The van der Waals surface area contributed by atoms with Crippen LogP contribution in [0, 0.1) is 0 Å². The molecule has 146 valence electrons. The summed E-state index contributed by atoms with van der Waals surface area (Å²) < 4.78 is 38.7. The molecule has 9 heteroatoms. The number of rotatable bonds is 5. The minimum atomic E-state index is -4.47. The van der Waals surface area contributed by atoms with Crippen molar-refractivity contribution in [2.24, 2.45) is 0 Å². The zero-order valence-electron chi connectivity index (χ0n) is 14.4. The lowest BCUT2D eigenvalue weighted by molar-refractivity contribution is -0.140. The number of nitrogens with zero attached hydrogens (tertiary/aromatic N) is 3. The lowest BCUT2D eigenvalue weighted by Crippen LogP contribution is -2.46. The van der Waals surface area contributed by atoms with Crippen molar-refractivity contribution in [1.29, 1.82) is 0 Å². The number of alkyl halides is 3. The Morgan fingerprint density at radius 3 is 2.41 bits per heavy atom. The molecule has 27 heavy (non-hydrogen) atoms. The Morgan fingerprint density at radius 2 is 1.81 bits per heavy atom. The van der Waals surface area contributed by atoms with Gasteiger partial charge in [0.1, 0.15) is 12.2 Å². The van der Waals surface area contributed by atoms with E-state index in [2.05, 4.69) is 9.80 Å². The predicted octanol–water partition coefficient (Wildman–Crippen LogP) is 3.72. The van der Waals surface area contributed by atoms with Crippen molar-refractivity contribution in [2.45, 2.75) is 19.3 Å². The van der Waals surface area contributed by atoms with Crippen molar-refractivity contribution >= 4 is 23.3 Å². The molecule has 1 fully saturated rings. The van der Waals surface area contributed by atoms with E-state index in [9.17, 15) is 18.0 Å². The molecular formula is C18H19ClF3N3O2. The highest BCUT2D eigenvalue weighted by atomic mass is 35.5. The molecule has 0 aliphatic carbocycles. The van der Waals surface area contributed by atoms with Crippen molar-refractivity contribution in [1.82, 2.24) is 9.47 Å². The number of carbonyl (C=O) groups is 1. The minimum Gasteiger partial charge on any atom is -0.477 e. The molecule has 1 aromatic heterocycles. The Hall–Kier alpha value is -2.19. The van der Waals surface area contributed by atoms with Crippen molar-refractivity contribution in [3.8, 4) is 0 Å². The molecule has 0 atom stereocenters. The van der Waals surface area contributed by atoms with Crippen molar-refractivity contribution in [2.75, 3.05) is 31.1 Å². The van der Waals surface area contributed by atoms with Gasteiger partial charge in [0, 0.05) is 38.9 Å². The van der Waals surface area contributed by atoms with Crippen molar-refractivity contribution < 1.29 is 23.1 Å². The summed E-state index contributed by atoms with van der Waals surface area (Å²) >= 11 is 6.22. The Morgan fingerprint density at radius 1 is 1.15 bits per heavy atom. The number of para-hydroxylation sites is 1. The SMILES string of the molecule is O=C(O)c1cc(CN2CCN(c3ccccc3Cl)CC2)cn1CC(F)(F)F. The maximum atomic E-state index is 12.6. The summed E-state index contributed by atoms with van der Waals surface area (Å²) in [5, 5.41) is 9.83. The van der Waals surface area contributed by atoms with E-state index >= 15 is 0 Å². The van der Waals surface area contributed by atoms with E-state index in [0.29, 0.717) is 30.2 Å². The summed E-state index contributed by atoms with van der Waals surface area (Å²) in [5.41, 5.74) is 1.17. The van der Waals surface area contributed by atoms with E-state index < -0.39 is 18.7 Å². The molecule has 5 nitrogen and oxygen atoms in total. The number of aromatic nitrogens is 1. The second-order valence-electron chi connectivity index (χ2n) is 6.50. The highest BCUT2D eigenvalue weighted by Gasteiger charge is 2.30. The molecule has 1 N–H and O–H groups in total. The fraction of sp³-hybridized carbons (Fsp3) is 0.389. The molecule has 0 spiro atoms. The highest BCUT2D eigenvalue weighted by Crippen LogP contribution is 2.26. The van der Waals surface area contributed by atoms with Crippen LogP contribution in [0.1, 0.15) is 16.1 Å². The maximum absolute atomic E-state index is 12.6. The smallest absolute Gasteiger partial charge is 0.406 e. The van der Waals surface area contributed by atoms with Crippen LogP contribution in [0.4, 0.5) is 18.9 Å². The van der Waals surface area contributed by atoms with Gasteiger partial charge in [0.25, 0.3) is 0 Å². The molecule has 0 saturated carbocycles. The topological polar surface area (TPSA) is 48.7 Å². The Bertz CT molecular complexity index is 814. The summed E-state index contributed by atoms with van der Waals surface area (Å²) in [5.74, 6) is -1.37. The number of aromatic carboxylic acids is 1. The number of hydrogen-bond donors (Lipinski definition) is 1. The summed E-state index contributed by atoms with van der Waals surface area (Å²) in [4.78, 5) is 15.5. The van der Waals surface area contributed by atoms with Crippen molar-refractivity contribution in [3.63, 3.8) is 0 Å². The third-order valence-corrected chi connectivity index (χ3v) is 4.81. The summed E-state index contributed by atoms with van der Waals surface area (Å²) in [6, 6.07) is 8.89. The first-order valence-corrected chi connectivity index (χ1v) is 8.81. The summed E-state index contributed by atoms with van der Waals surface area (Å²) in [6.07, 6.45) is -3.20. The summed E-state index contributed by atoms with van der Waals surface area (Å²) in [6.45, 7) is 1.98. The van der Waals surface area contributed by atoms with Crippen LogP contribution in [0.5, 0.6) is 0 Å². The van der Waals surface area contributed by atoms with E-state index in [4.69, 9.17) is 16.7 Å². The molecular weight excluding hydrogens is 383 g/mol. The van der Waals surface area contributed by atoms with E-state index in [1.807, 2.05) is 24.3 Å². The molecule has 1 aromatic carbocycles. The highest BCUT2D eigenvalue weighted by molar-refractivity contribution is 6.33. The third kappa shape index (κ3) is 4.95. The number of benzene rings is 1. The van der Waals surface area contributed by atoms with Gasteiger partial charge in [-0.2, -0.15) is 13.2 Å². The molecule has 0 radical (unpaired) electrons. The van der Waals surface area contributed by atoms with Gasteiger partial charge in [-0.1, -0.05) is 23.7 Å². The Labute approximate surface area is 159 Å². The van der Waals surface area contributed by atoms with Gasteiger partial charge in [0.15, 0.2) is 0 Å². The molecule has 2 heterocycles. The zero-order valence-corrected chi connectivity index (χ0v) is 15.2. The van der Waals surface area contributed by atoms with E-state index in [1.54, 1.807) is 0 Å². The van der Waals surface area contributed by atoms with E-state index in [1.165, 1.54) is 12.3 Å². The van der Waals surface area contributed by atoms with Crippen LogP contribution in [-0.4, -0.2) is 52.9 Å². The monoisotopic (exact) mass is 401 g/mol. The van der Waals surface area contributed by atoms with Gasteiger partial charge in [0.2, 0.25) is 0 Å². The van der Waals surface area contributed by atoms with Gasteiger partial charge in [0.05, 0.1) is 10.7 Å². The molecule has 0 unspecified atom stereocenters. The fourth-order valence-corrected chi connectivity index (χ4v) is 3.53. The standard InChI is InChI=1S/C18H19ClF3N3O2/c19-14-3-1-2-4-15(14)24-7-5-23(6-8-24)10-13-9-16(17(26)27)25(11-13)12-18(20,21)22/h1-4,9,11H,5-8,10,12H2,(H,26,27). The normalized spacial score (nSPS) is 15.9. The average molecular weight is 402 g/mol. The van der Waals surface area contributed by atoms with E-state index in [-0.39, 0.29) is 5.69 Å². The third-order valence-electron chi connectivity index (χ3n) is 4.49.